The summed E-state index contributed by atoms with van der Waals surface area (Å²) in [5.41, 5.74) is 0.497. The molecule has 2 aromatic rings. The van der Waals surface area contributed by atoms with Crippen LogP contribution in [0.15, 0.2) is 41.7 Å². The minimum Gasteiger partial charge on any atom is -0.269 e. The van der Waals surface area contributed by atoms with Gasteiger partial charge in [0.15, 0.2) is 0 Å². The van der Waals surface area contributed by atoms with E-state index in [4.69, 9.17) is 11.6 Å². The Morgan fingerprint density at radius 1 is 1.25 bits per heavy atom. The van der Waals surface area contributed by atoms with E-state index in [1.54, 1.807) is 12.1 Å². The van der Waals surface area contributed by atoms with Crippen LogP contribution in [0.1, 0.15) is 13.8 Å². The van der Waals surface area contributed by atoms with Gasteiger partial charge < -0.3 is 0 Å². The molecular weight excluding hydrogens is 226 g/mol. The fraction of sp³-hybridized carbons (Fsp3) is 0.182. The predicted octanol–water partition coefficient (Wildman–Crippen LogP) is 2.31. The fourth-order valence-corrected chi connectivity index (χ4v) is 1.17. The van der Waals surface area contributed by atoms with E-state index in [9.17, 15) is 4.79 Å². The van der Waals surface area contributed by atoms with E-state index in [0.717, 1.165) is 0 Å². The van der Waals surface area contributed by atoms with Gasteiger partial charge in [0, 0.05) is 12.3 Å². The van der Waals surface area contributed by atoms with Crippen LogP contribution in [0.25, 0.3) is 5.69 Å². The molecule has 0 N–H and O–H groups in total. The minimum atomic E-state index is -0.149. The summed E-state index contributed by atoms with van der Waals surface area (Å²) in [6, 6.07) is 4.71. The SMILES string of the molecule is CC.O=c1ccncn1-c1ccc(Cl)nc1. The van der Waals surface area contributed by atoms with E-state index in [1.165, 1.54) is 29.4 Å². The van der Waals surface area contributed by atoms with Crippen molar-refractivity contribution >= 4 is 11.6 Å². The summed E-state index contributed by atoms with van der Waals surface area (Å²) in [7, 11) is 0. The normalized spacial score (nSPS) is 9.19. The predicted molar refractivity (Wildman–Crippen MR) is 64.0 cm³/mol. The molecule has 5 heteroatoms. The Kier molecular flexibility index (Phi) is 4.66. The quantitative estimate of drug-likeness (QED) is 0.715. The Morgan fingerprint density at radius 2 is 2.00 bits per heavy atom. The van der Waals surface area contributed by atoms with Gasteiger partial charge >= 0.3 is 0 Å². The van der Waals surface area contributed by atoms with Crippen molar-refractivity contribution in [1.29, 1.82) is 0 Å². The largest absolute Gasteiger partial charge is 0.269 e. The van der Waals surface area contributed by atoms with E-state index >= 15 is 0 Å². The van der Waals surface area contributed by atoms with Gasteiger partial charge in [-0.15, -0.1) is 0 Å². The number of aromatic nitrogens is 3. The Balaban J connectivity index is 0.000000606. The summed E-state index contributed by atoms with van der Waals surface area (Å²) in [6.45, 7) is 4.00. The molecule has 0 aliphatic carbocycles. The highest BCUT2D eigenvalue weighted by Crippen LogP contribution is 2.07. The maximum atomic E-state index is 11.4. The molecule has 0 aliphatic heterocycles. The molecule has 0 fully saturated rings. The molecule has 84 valence electrons. The van der Waals surface area contributed by atoms with Gasteiger partial charge in [0.2, 0.25) is 0 Å². The maximum absolute atomic E-state index is 11.4. The average Bonchev–Trinajstić information content (AvgIpc) is 2.34. The van der Waals surface area contributed by atoms with E-state index in [-0.39, 0.29) is 5.56 Å². The van der Waals surface area contributed by atoms with Crippen LogP contribution >= 0.6 is 11.6 Å². The number of halogens is 1. The maximum Gasteiger partial charge on any atom is 0.257 e. The zero-order valence-corrected chi connectivity index (χ0v) is 9.85. The summed E-state index contributed by atoms with van der Waals surface area (Å²) in [5.74, 6) is 0. The van der Waals surface area contributed by atoms with E-state index in [2.05, 4.69) is 9.97 Å². The molecule has 0 aliphatic rings. The van der Waals surface area contributed by atoms with Crippen molar-refractivity contribution in [2.45, 2.75) is 13.8 Å². The van der Waals surface area contributed by atoms with Crippen LogP contribution in [0.5, 0.6) is 0 Å². The van der Waals surface area contributed by atoms with E-state index in [0.29, 0.717) is 10.8 Å². The third-order valence-electron chi connectivity index (χ3n) is 1.71. The second-order valence-electron chi connectivity index (χ2n) is 2.63. The van der Waals surface area contributed by atoms with E-state index in [1.807, 2.05) is 13.8 Å². The highest BCUT2D eigenvalue weighted by molar-refractivity contribution is 6.29. The van der Waals surface area contributed by atoms with Crippen molar-refractivity contribution in [1.82, 2.24) is 14.5 Å². The number of pyridine rings is 1. The van der Waals surface area contributed by atoms with Gasteiger partial charge in [-0.1, -0.05) is 25.4 Å². The molecule has 0 saturated carbocycles. The summed E-state index contributed by atoms with van der Waals surface area (Å²) in [4.78, 5) is 19.1. The molecule has 0 spiro atoms. The topological polar surface area (TPSA) is 47.8 Å². The molecule has 2 heterocycles. The van der Waals surface area contributed by atoms with Crippen LogP contribution in [0.4, 0.5) is 0 Å². The third kappa shape index (κ3) is 2.90. The van der Waals surface area contributed by atoms with Crippen LogP contribution in [0.2, 0.25) is 5.15 Å². The lowest BCUT2D eigenvalue weighted by Gasteiger charge is -2.02. The smallest absolute Gasteiger partial charge is 0.257 e. The molecule has 2 rings (SSSR count). The Hall–Kier alpha value is -1.68. The molecule has 0 radical (unpaired) electrons. The minimum absolute atomic E-state index is 0.149. The summed E-state index contributed by atoms with van der Waals surface area (Å²) < 4.78 is 1.39. The molecule has 0 unspecified atom stereocenters. The van der Waals surface area contributed by atoms with Gasteiger partial charge in [0.05, 0.1) is 11.9 Å². The molecule has 0 atom stereocenters. The fourth-order valence-electron chi connectivity index (χ4n) is 1.05. The first-order valence-electron chi connectivity index (χ1n) is 4.92. The lowest BCUT2D eigenvalue weighted by Crippen LogP contribution is -2.16. The van der Waals surface area contributed by atoms with Gasteiger partial charge in [-0.25, -0.2) is 9.97 Å². The Bertz CT molecular complexity index is 493. The first kappa shape index (κ1) is 12.4. The van der Waals surface area contributed by atoms with Crippen molar-refractivity contribution in [3.05, 3.63) is 52.4 Å². The molecular formula is C11H12ClN3O. The zero-order valence-electron chi connectivity index (χ0n) is 9.09. The summed E-state index contributed by atoms with van der Waals surface area (Å²) in [5, 5.41) is 0.394. The van der Waals surface area contributed by atoms with Crippen LogP contribution in [0, 0.1) is 0 Å². The van der Waals surface area contributed by atoms with Gasteiger partial charge in [0.25, 0.3) is 5.56 Å². The first-order chi connectivity index (χ1) is 7.77. The van der Waals surface area contributed by atoms with Crippen LogP contribution in [-0.2, 0) is 0 Å². The van der Waals surface area contributed by atoms with Crippen molar-refractivity contribution in [2.75, 3.05) is 0 Å². The summed E-state index contributed by atoms with van der Waals surface area (Å²) >= 11 is 5.62. The van der Waals surface area contributed by atoms with E-state index < -0.39 is 0 Å². The molecule has 0 bridgehead atoms. The van der Waals surface area contributed by atoms with Crippen molar-refractivity contribution in [2.24, 2.45) is 0 Å². The first-order valence-corrected chi connectivity index (χ1v) is 5.30. The third-order valence-corrected chi connectivity index (χ3v) is 1.94. The molecule has 16 heavy (non-hydrogen) atoms. The second-order valence-corrected chi connectivity index (χ2v) is 3.01. The number of hydrogen-bond acceptors (Lipinski definition) is 3. The van der Waals surface area contributed by atoms with Gasteiger partial charge in [-0.05, 0) is 12.1 Å². The highest BCUT2D eigenvalue weighted by atomic mass is 35.5. The average molecular weight is 238 g/mol. The monoisotopic (exact) mass is 237 g/mol. The highest BCUT2D eigenvalue weighted by Gasteiger charge is 1.98. The van der Waals surface area contributed by atoms with Gasteiger partial charge in [-0.2, -0.15) is 0 Å². The van der Waals surface area contributed by atoms with Crippen molar-refractivity contribution < 1.29 is 0 Å². The second kappa shape index (κ2) is 6.02. The number of rotatable bonds is 1. The number of nitrogens with zero attached hydrogens (tertiary/aromatic N) is 3. The van der Waals surface area contributed by atoms with Crippen LogP contribution in [0.3, 0.4) is 0 Å². The molecule has 0 aromatic carbocycles. The Morgan fingerprint density at radius 3 is 2.56 bits per heavy atom. The summed E-state index contributed by atoms with van der Waals surface area (Å²) in [6.07, 6.45) is 4.40. The standard InChI is InChI=1S/C9H6ClN3O.C2H6/c10-8-2-1-7(5-12-8)13-6-11-4-3-9(13)14;1-2/h1-6H;1-2H3. The van der Waals surface area contributed by atoms with Crippen LogP contribution < -0.4 is 5.56 Å². The lowest BCUT2D eigenvalue weighted by atomic mass is 10.4. The lowest BCUT2D eigenvalue weighted by molar-refractivity contribution is 0.928. The molecule has 0 saturated heterocycles. The van der Waals surface area contributed by atoms with Gasteiger partial charge in [-0.3, -0.25) is 9.36 Å². The van der Waals surface area contributed by atoms with Crippen molar-refractivity contribution in [3.8, 4) is 5.69 Å². The van der Waals surface area contributed by atoms with Gasteiger partial charge in [0.1, 0.15) is 11.5 Å². The molecule has 2 aromatic heterocycles. The number of hydrogen-bond donors (Lipinski definition) is 0. The van der Waals surface area contributed by atoms with Crippen LogP contribution in [-0.4, -0.2) is 14.5 Å². The zero-order chi connectivity index (χ0) is 12.0. The molecule has 4 nitrogen and oxygen atoms in total. The Labute approximate surface area is 98.6 Å². The van der Waals surface area contributed by atoms with Crippen molar-refractivity contribution in [3.63, 3.8) is 0 Å². The molecule has 0 amide bonds.